The first-order chi connectivity index (χ1) is 8.88. The number of carboxylic acids is 1. The monoisotopic (exact) mass is 303 g/mol. The predicted molar refractivity (Wildman–Crippen MR) is 74.5 cm³/mol. The average molecular weight is 304 g/mol. The number of nitrogens with zero attached hydrogens (tertiary/aromatic N) is 1. The molecule has 0 bridgehead atoms. The largest absolute Gasteiger partial charge is 0.479 e. The topological polar surface area (TPSA) is 57.6 Å². The van der Waals surface area contributed by atoms with E-state index in [9.17, 15) is 14.7 Å². The molecule has 0 spiro atoms. The highest BCUT2D eigenvalue weighted by molar-refractivity contribution is 6.35. The summed E-state index contributed by atoms with van der Waals surface area (Å²) in [5, 5.41) is 10.0. The van der Waals surface area contributed by atoms with Crippen LogP contribution in [0.5, 0.6) is 0 Å². The van der Waals surface area contributed by atoms with Crippen molar-refractivity contribution >= 4 is 35.1 Å². The molecular weight excluding hydrogens is 289 g/mol. The van der Waals surface area contributed by atoms with Crippen LogP contribution in [0.25, 0.3) is 0 Å². The average Bonchev–Trinajstić information content (AvgIpc) is 2.30. The summed E-state index contributed by atoms with van der Waals surface area (Å²) >= 11 is 11.8. The molecule has 1 rings (SSSR count). The van der Waals surface area contributed by atoms with E-state index < -0.39 is 12.0 Å². The van der Waals surface area contributed by atoms with Crippen LogP contribution < -0.4 is 0 Å². The van der Waals surface area contributed by atoms with Gasteiger partial charge in [-0.3, -0.25) is 4.79 Å². The van der Waals surface area contributed by atoms with Gasteiger partial charge in [0.1, 0.15) is 0 Å². The molecule has 0 fully saturated rings. The van der Waals surface area contributed by atoms with E-state index in [-0.39, 0.29) is 10.9 Å². The van der Waals surface area contributed by atoms with Crippen molar-refractivity contribution in [3.05, 3.63) is 33.8 Å². The van der Waals surface area contributed by atoms with Crippen molar-refractivity contribution in [1.82, 2.24) is 4.90 Å². The molecule has 1 aromatic rings. The van der Waals surface area contributed by atoms with Crippen molar-refractivity contribution in [2.45, 2.75) is 26.3 Å². The molecule has 6 heteroatoms. The van der Waals surface area contributed by atoms with Crippen LogP contribution in [0.4, 0.5) is 0 Å². The van der Waals surface area contributed by atoms with Crippen molar-refractivity contribution in [1.29, 1.82) is 0 Å². The highest BCUT2D eigenvalue weighted by atomic mass is 35.5. The van der Waals surface area contributed by atoms with E-state index in [0.717, 1.165) is 0 Å². The van der Waals surface area contributed by atoms with Gasteiger partial charge in [0.15, 0.2) is 6.04 Å². The Balaban J connectivity index is 3.26. The number of amides is 1. The van der Waals surface area contributed by atoms with E-state index in [1.165, 1.54) is 24.0 Å². The van der Waals surface area contributed by atoms with Gasteiger partial charge in [0, 0.05) is 29.1 Å². The predicted octanol–water partition coefficient (Wildman–Crippen LogP) is 3.38. The third kappa shape index (κ3) is 3.85. The Morgan fingerprint density at radius 1 is 1.37 bits per heavy atom. The standard InChI is InChI=1S/C13H15Cl2NO3/c1-3-6-16(8(2)17)12(13(18)19)10-5-4-9(14)7-11(10)15/h4-5,7,12H,3,6H2,1-2H3,(H,18,19). The first-order valence-corrected chi connectivity index (χ1v) is 6.59. The van der Waals surface area contributed by atoms with E-state index in [1.807, 2.05) is 6.92 Å². The molecule has 104 valence electrons. The number of hydrogen-bond acceptors (Lipinski definition) is 2. The quantitative estimate of drug-likeness (QED) is 0.907. The fourth-order valence-corrected chi connectivity index (χ4v) is 2.38. The van der Waals surface area contributed by atoms with Crippen molar-refractivity contribution in [3.8, 4) is 0 Å². The van der Waals surface area contributed by atoms with Gasteiger partial charge < -0.3 is 10.0 Å². The molecule has 0 radical (unpaired) electrons. The van der Waals surface area contributed by atoms with Gasteiger partial charge in [0.05, 0.1) is 0 Å². The Kier molecular flexibility index (Phi) is 5.63. The molecule has 0 aliphatic heterocycles. The van der Waals surface area contributed by atoms with Gasteiger partial charge in [-0.15, -0.1) is 0 Å². The third-order valence-corrected chi connectivity index (χ3v) is 3.23. The number of carbonyl (C=O) groups is 2. The third-order valence-electron chi connectivity index (χ3n) is 2.67. The van der Waals surface area contributed by atoms with Gasteiger partial charge in [-0.2, -0.15) is 0 Å². The van der Waals surface area contributed by atoms with Gasteiger partial charge >= 0.3 is 5.97 Å². The molecule has 0 saturated carbocycles. The fourth-order valence-electron chi connectivity index (χ4n) is 1.87. The number of benzene rings is 1. The first kappa shape index (κ1) is 15.8. The SMILES string of the molecule is CCCN(C(C)=O)C(C(=O)O)c1ccc(Cl)cc1Cl. The normalized spacial score (nSPS) is 12.0. The van der Waals surface area contributed by atoms with Crippen LogP contribution >= 0.6 is 23.2 Å². The number of rotatable bonds is 5. The highest BCUT2D eigenvalue weighted by Crippen LogP contribution is 2.30. The Hall–Kier alpha value is -1.26. The summed E-state index contributed by atoms with van der Waals surface area (Å²) in [7, 11) is 0. The highest BCUT2D eigenvalue weighted by Gasteiger charge is 2.30. The van der Waals surface area contributed by atoms with Crippen molar-refractivity contribution in [2.75, 3.05) is 6.54 Å². The van der Waals surface area contributed by atoms with Crippen molar-refractivity contribution < 1.29 is 14.7 Å². The number of aliphatic carboxylic acids is 1. The fraction of sp³-hybridized carbons (Fsp3) is 0.385. The van der Waals surface area contributed by atoms with E-state index in [1.54, 1.807) is 6.07 Å². The molecule has 0 saturated heterocycles. The lowest BCUT2D eigenvalue weighted by Gasteiger charge is -2.28. The van der Waals surface area contributed by atoms with Gasteiger partial charge in [0.2, 0.25) is 5.91 Å². The minimum absolute atomic E-state index is 0.238. The Labute approximate surface area is 121 Å². The van der Waals surface area contributed by atoms with Gasteiger partial charge in [-0.05, 0) is 18.6 Å². The zero-order chi connectivity index (χ0) is 14.6. The van der Waals surface area contributed by atoms with Crippen LogP contribution in [0.15, 0.2) is 18.2 Å². The molecule has 1 aromatic carbocycles. The minimum Gasteiger partial charge on any atom is -0.479 e. The first-order valence-electron chi connectivity index (χ1n) is 5.83. The van der Waals surface area contributed by atoms with E-state index in [2.05, 4.69) is 0 Å². The van der Waals surface area contributed by atoms with Crippen LogP contribution in [0.3, 0.4) is 0 Å². The van der Waals surface area contributed by atoms with Gasteiger partial charge in [-0.25, -0.2) is 4.79 Å². The summed E-state index contributed by atoms with van der Waals surface area (Å²) in [4.78, 5) is 24.4. The lowest BCUT2D eigenvalue weighted by molar-refractivity contribution is -0.149. The number of carbonyl (C=O) groups excluding carboxylic acids is 1. The van der Waals surface area contributed by atoms with E-state index >= 15 is 0 Å². The molecule has 19 heavy (non-hydrogen) atoms. The van der Waals surface area contributed by atoms with E-state index in [4.69, 9.17) is 23.2 Å². The lowest BCUT2D eigenvalue weighted by Crippen LogP contribution is -2.38. The maximum Gasteiger partial charge on any atom is 0.331 e. The van der Waals surface area contributed by atoms with Gasteiger partial charge in [0.25, 0.3) is 0 Å². The molecule has 0 aromatic heterocycles. The molecule has 0 aliphatic carbocycles. The van der Waals surface area contributed by atoms with Crippen LogP contribution in [-0.4, -0.2) is 28.4 Å². The smallest absolute Gasteiger partial charge is 0.331 e. The maximum atomic E-state index is 11.6. The molecule has 0 heterocycles. The van der Waals surface area contributed by atoms with E-state index in [0.29, 0.717) is 23.6 Å². The molecule has 1 atom stereocenters. The summed E-state index contributed by atoms with van der Waals surface area (Å²) in [6.45, 7) is 3.57. The molecule has 0 aliphatic rings. The van der Waals surface area contributed by atoms with Crippen LogP contribution in [0.2, 0.25) is 10.0 Å². The zero-order valence-corrected chi connectivity index (χ0v) is 12.2. The minimum atomic E-state index is -1.12. The summed E-state index contributed by atoms with van der Waals surface area (Å²) < 4.78 is 0. The zero-order valence-electron chi connectivity index (χ0n) is 10.7. The second kappa shape index (κ2) is 6.78. The van der Waals surface area contributed by atoms with Crippen LogP contribution in [0.1, 0.15) is 31.9 Å². The summed E-state index contributed by atoms with van der Waals surface area (Å²) in [5.74, 6) is -1.42. The Morgan fingerprint density at radius 3 is 2.42 bits per heavy atom. The number of halogens is 2. The van der Waals surface area contributed by atoms with Gasteiger partial charge in [-0.1, -0.05) is 36.2 Å². The lowest BCUT2D eigenvalue weighted by atomic mass is 10.0. The Bertz CT molecular complexity index is 491. The molecular formula is C13H15Cl2NO3. The van der Waals surface area contributed by atoms with Crippen LogP contribution in [-0.2, 0) is 9.59 Å². The molecule has 4 nitrogen and oxygen atoms in total. The molecule has 1 amide bonds. The summed E-state index contributed by atoms with van der Waals surface area (Å²) in [5.41, 5.74) is 0.363. The molecule has 1 N–H and O–H groups in total. The molecule has 1 unspecified atom stereocenters. The Morgan fingerprint density at radius 2 is 2.00 bits per heavy atom. The summed E-state index contributed by atoms with van der Waals surface area (Å²) in [6.07, 6.45) is 0.661. The van der Waals surface area contributed by atoms with Crippen LogP contribution in [0, 0.1) is 0 Å². The number of hydrogen-bond donors (Lipinski definition) is 1. The number of carboxylic acid groups (broad SMARTS) is 1. The second-order valence-corrected chi connectivity index (χ2v) is 4.96. The van der Waals surface area contributed by atoms with Crippen molar-refractivity contribution in [2.24, 2.45) is 0 Å². The maximum absolute atomic E-state index is 11.6. The second-order valence-electron chi connectivity index (χ2n) is 4.12. The summed E-state index contributed by atoms with van der Waals surface area (Å²) in [6, 6.07) is 3.47. The van der Waals surface area contributed by atoms with Crippen molar-refractivity contribution in [3.63, 3.8) is 0 Å².